The van der Waals surface area contributed by atoms with Crippen molar-refractivity contribution in [2.75, 3.05) is 23.0 Å². The first-order valence-corrected chi connectivity index (χ1v) is 11.4. The van der Waals surface area contributed by atoms with Gasteiger partial charge < -0.3 is 14.8 Å². The second kappa shape index (κ2) is 9.53. The molecule has 0 aliphatic heterocycles. The third-order valence-electron chi connectivity index (χ3n) is 4.50. The summed E-state index contributed by atoms with van der Waals surface area (Å²) in [6.07, 6.45) is 1.07. The van der Waals surface area contributed by atoms with Crippen molar-refractivity contribution >= 4 is 27.3 Å². The lowest BCUT2D eigenvalue weighted by Crippen LogP contribution is -2.45. The van der Waals surface area contributed by atoms with E-state index in [0.717, 1.165) is 10.6 Å². The third kappa shape index (κ3) is 5.76. The van der Waals surface area contributed by atoms with Gasteiger partial charge in [0.1, 0.15) is 23.3 Å². The first-order chi connectivity index (χ1) is 14.8. The molecule has 0 aliphatic carbocycles. The maximum Gasteiger partial charge on any atom is 0.247 e. The number of anilines is 2. The number of rotatable bonds is 8. The second-order valence-electron chi connectivity index (χ2n) is 6.87. The Balaban J connectivity index is 1.80. The highest BCUT2D eigenvalue weighted by Crippen LogP contribution is 2.27. The van der Waals surface area contributed by atoms with E-state index in [4.69, 9.17) is 9.47 Å². The standard InChI is InChI=1S/C23H24N2O5S/c1-17(23(26)24-18-8-7-11-22(16-18)29-2)25(31(3,27)28)19-12-14-21(15-13-19)30-20-9-5-4-6-10-20/h4-17H,1-3H3,(H,24,26). The lowest BCUT2D eigenvalue weighted by molar-refractivity contribution is -0.116. The summed E-state index contributed by atoms with van der Waals surface area (Å²) in [5.74, 6) is 1.33. The topological polar surface area (TPSA) is 84.9 Å². The maximum absolute atomic E-state index is 12.8. The molecule has 0 heterocycles. The smallest absolute Gasteiger partial charge is 0.247 e. The number of hydrogen-bond donors (Lipinski definition) is 1. The molecule has 7 nitrogen and oxygen atoms in total. The number of sulfonamides is 1. The van der Waals surface area contributed by atoms with Crippen molar-refractivity contribution in [3.8, 4) is 17.2 Å². The fourth-order valence-corrected chi connectivity index (χ4v) is 4.22. The fraction of sp³-hybridized carbons (Fsp3) is 0.174. The highest BCUT2D eigenvalue weighted by molar-refractivity contribution is 7.92. The SMILES string of the molecule is COc1cccc(NC(=O)C(C)N(c2ccc(Oc3ccccc3)cc2)S(C)(=O)=O)c1. The second-order valence-corrected chi connectivity index (χ2v) is 8.72. The Bertz CT molecular complexity index is 1130. The molecule has 3 aromatic rings. The summed E-state index contributed by atoms with van der Waals surface area (Å²) >= 11 is 0. The predicted molar refractivity (Wildman–Crippen MR) is 121 cm³/mol. The van der Waals surface area contributed by atoms with Gasteiger partial charge in [-0.05, 0) is 55.5 Å². The largest absolute Gasteiger partial charge is 0.497 e. The van der Waals surface area contributed by atoms with E-state index in [9.17, 15) is 13.2 Å². The molecule has 0 aliphatic rings. The number of carbonyl (C=O) groups is 1. The first-order valence-electron chi connectivity index (χ1n) is 9.55. The van der Waals surface area contributed by atoms with Crippen LogP contribution in [0.25, 0.3) is 0 Å². The van der Waals surface area contributed by atoms with Gasteiger partial charge in [0.15, 0.2) is 0 Å². The molecule has 0 radical (unpaired) electrons. The Morgan fingerprint density at radius 3 is 2.13 bits per heavy atom. The first kappa shape index (κ1) is 22.2. The van der Waals surface area contributed by atoms with Crippen molar-refractivity contribution in [2.24, 2.45) is 0 Å². The lowest BCUT2D eigenvalue weighted by Gasteiger charge is -2.28. The summed E-state index contributed by atoms with van der Waals surface area (Å²) in [4.78, 5) is 12.8. The van der Waals surface area contributed by atoms with Crippen LogP contribution in [-0.4, -0.2) is 33.7 Å². The van der Waals surface area contributed by atoms with Crippen LogP contribution in [0.4, 0.5) is 11.4 Å². The van der Waals surface area contributed by atoms with Crippen molar-refractivity contribution in [1.29, 1.82) is 0 Å². The Labute approximate surface area is 182 Å². The summed E-state index contributed by atoms with van der Waals surface area (Å²) in [7, 11) is -2.20. The molecular formula is C23H24N2O5S. The number of benzene rings is 3. The van der Waals surface area contributed by atoms with Crippen molar-refractivity contribution in [3.05, 3.63) is 78.9 Å². The van der Waals surface area contributed by atoms with Crippen LogP contribution < -0.4 is 19.1 Å². The molecule has 1 atom stereocenters. The molecule has 0 aromatic heterocycles. The molecule has 0 saturated heterocycles. The van der Waals surface area contributed by atoms with Crippen LogP contribution in [0.3, 0.4) is 0 Å². The van der Waals surface area contributed by atoms with Gasteiger partial charge in [-0.15, -0.1) is 0 Å². The number of carbonyl (C=O) groups excluding carboxylic acids is 1. The van der Waals surface area contributed by atoms with Crippen molar-refractivity contribution < 1.29 is 22.7 Å². The van der Waals surface area contributed by atoms with Gasteiger partial charge in [0.25, 0.3) is 0 Å². The molecule has 0 saturated carbocycles. The molecule has 1 N–H and O–H groups in total. The van der Waals surface area contributed by atoms with Gasteiger partial charge in [-0.1, -0.05) is 24.3 Å². The predicted octanol–water partition coefficient (Wildman–Crippen LogP) is 4.28. The zero-order valence-electron chi connectivity index (χ0n) is 17.5. The minimum absolute atomic E-state index is 0.358. The molecule has 0 fully saturated rings. The van der Waals surface area contributed by atoms with Crippen LogP contribution >= 0.6 is 0 Å². The van der Waals surface area contributed by atoms with Gasteiger partial charge >= 0.3 is 0 Å². The molecule has 3 rings (SSSR count). The molecule has 1 unspecified atom stereocenters. The zero-order valence-corrected chi connectivity index (χ0v) is 18.3. The summed E-state index contributed by atoms with van der Waals surface area (Å²) in [5.41, 5.74) is 0.868. The van der Waals surface area contributed by atoms with Crippen molar-refractivity contribution in [2.45, 2.75) is 13.0 Å². The molecule has 1 amide bonds. The molecule has 162 valence electrons. The Morgan fingerprint density at radius 1 is 0.903 bits per heavy atom. The Hall–Kier alpha value is -3.52. The Kier molecular flexibility index (Phi) is 6.81. The fourth-order valence-electron chi connectivity index (χ4n) is 3.04. The van der Waals surface area contributed by atoms with Crippen LogP contribution in [0.5, 0.6) is 17.2 Å². The van der Waals surface area contributed by atoms with E-state index in [-0.39, 0.29) is 0 Å². The van der Waals surface area contributed by atoms with E-state index >= 15 is 0 Å². The number of nitrogens with zero attached hydrogens (tertiary/aromatic N) is 1. The van der Waals surface area contributed by atoms with Crippen molar-refractivity contribution in [3.63, 3.8) is 0 Å². The lowest BCUT2D eigenvalue weighted by atomic mass is 10.2. The van der Waals surface area contributed by atoms with Crippen molar-refractivity contribution in [1.82, 2.24) is 0 Å². The summed E-state index contributed by atoms with van der Waals surface area (Å²) in [6.45, 7) is 1.53. The number of para-hydroxylation sites is 1. The van der Waals surface area contributed by atoms with Gasteiger partial charge in [-0.25, -0.2) is 8.42 Å². The van der Waals surface area contributed by atoms with E-state index in [1.54, 1.807) is 48.5 Å². The van der Waals surface area contributed by atoms with Gasteiger partial charge in [0.05, 0.1) is 19.1 Å². The third-order valence-corrected chi connectivity index (χ3v) is 5.74. The zero-order chi connectivity index (χ0) is 22.4. The number of hydrogen-bond acceptors (Lipinski definition) is 5. The van der Waals surface area contributed by atoms with Crippen LogP contribution in [0.1, 0.15) is 6.92 Å². The molecule has 0 spiro atoms. The molecule has 3 aromatic carbocycles. The average Bonchev–Trinajstić information content (AvgIpc) is 2.75. The van der Waals surface area contributed by atoms with Crippen LogP contribution in [0.15, 0.2) is 78.9 Å². The number of ether oxygens (including phenoxy) is 2. The molecular weight excluding hydrogens is 416 g/mol. The van der Waals surface area contributed by atoms with Gasteiger partial charge in [0.2, 0.25) is 15.9 Å². The number of nitrogens with one attached hydrogen (secondary N) is 1. The molecule has 8 heteroatoms. The van der Waals surface area contributed by atoms with E-state index < -0.39 is 22.0 Å². The molecule has 31 heavy (non-hydrogen) atoms. The summed E-state index contributed by atoms with van der Waals surface area (Å²) in [6, 6.07) is 21.6. The normalized spacial score (nSPS) is 12.0. The van der Waals surface area contributed by atoms with Gasteiger partial charge in [-0.3, -0.25) is 9.10 Å². The highest BCUT2D eigenvalue weighted by atomic mass is 32.2. The quantitative estimate of drug-likeness (QED) is 0.565. The van der Waals surface area contributed by atoms with Gasteiger partial charge in [-0.2, -0.15) is 0 Å². The Morgan fingerprint density at radius 2 is 1.52 bits per heavy atom. The minimum atomic E-state index is -3.73. The van der Waals surface area contributed by atoms with Crippen LogP contribution in [0, 0.1) is 0 Å². The summed E-state index contributed by atoms with van der Waals surface area (Å²) < 4.78 is 37.0. The summed E-state index contributed by atoms with van der Waals surface area (Å²) in [5, 5.41) is 2.73. The van der Waals surface area contributed by atoms with E-state index in [1.807, 2.05) is 30.3 Å². The van der Waals surface area contributed by atoms with E-state index in [0.29, 0.717) is 28.6 Å². The molecule has 0 bridgehead atoms. The maximum atomic E-state index is 12.8. The highest BCUT2D eigenvalue weighted by Gasteiger charge is 2.29. The number of methoxy groups -OCH3 is 1. The monoisotopic (exact) mass is 440 g/mol. The van der Waals surface area contributed by atoms with Crippen LogP contribution in [0.2, 0.25) is 0 Å². The average molecular weight is 441 g/mol. The number of amides is 1. The van der Waals surface area contributed by atoms with Gasteiger partial charge in [0, 0.05) is 11.8 Å². The minimum Gasteiger partial charge on any atom is -0.497 e. The van der Waals surface area contributed by atoms with Crippen LogP contribution in [-0.2, 0) is 14.8 Å². The van der Waals surface area contributed by atoms with E-state index in [1.165, 1.54) is 14.0 Å². The van der Waals surface area contributed by atoms with E-state index in [2.05, 4.69) is 5.32 Å².